The van der Waals surface area contributed by atoms with Crippen LogP contribution in [-0.2, 0) is 0 Å². The molecule has 1 saturated heterocycles. The van der Waals surface area contributed by atoms with Crippen LogP contribution in [0.3, 0.4) is 0 Å². The Hall–Kier alpha value is -3.11. The Kier molecular flexibility index (Phi) is 6.18. The van der Waals surface area contributed by atoms with E-state index in [0.717, 1.165) is 29.2 Å². The van der Waals surface area contributed by atoms with Crippen LogP contribution in [0.4, 0.5) is 4.39 Å². The van der Waals surface area contributed by atoms with Crippen molar-refractivity contribution in [1.29, 1.82) is 0 Å². The number of benzene rings is 1. The zero-order valence-electron chi connectivity index (χ0n) is 18.9. The van der Waals surface area contributed by atoms with Crippen molar-refractivity contribution in [2.45, 2.75) is 39.2 Å². The second kappa shape index (κ2) is 9.27. The van der Waals surface area contributed by atoms with Crippen LogP contribution in [0.5, 0.6) is 0 Å². The topological polar surface area (TPSA) is 79.6 Å². The van der Waals surface area contributed by atoms with E-state index < -0.39 is 0 Å². The van der Waals surface area contributed by atoms with Crippen LogP contribution in [0.2, 0.25) is 0 Å². The number of carbonyl (C=O) groups is 2. The Labute approximate surface area is 204 Å². The van der Waals surface area contributed by atoms with E-state index in [-0.39, 0.29) is 23.7 Å². The van der Waals surface area contributed by atoms with Gasteiger partial charge in [-0.25, -0.2) is 14.4 Å². The third kappa shape index (κ3) is 4.23. The van der Waals surface area contributed by atoms with Crippen LogP contribution in [0.25, 0.3) is 16.2 Å². The second-order valence-electron chi connectivity index (χ2n) is 8.38. The normalized spacial score (nSPS) is 16.2. The number of likely N-dealkylation sites (tertiary alicyclic amines) is 1. The third-order valence-corrected chi connectivity index (χ3v) is 7.78. The molecule has 176 valence electrons. The van der Waals surface area contributed by atoms with E-state index in [0.29, 0.717) is 40.6 Å². The molecule has 4 aromatic rings. The molecule has 5 rings (SSSR count). The van der Waals surface area contributed by atoms with Crippen LogP contribution in [0, 0.1) is 19.7 Å². The highest BCUT2D eigenvalue weighted by molar-refractivity contribution is 7.15. The number of nitrogens with zero attached hydrogens (tertiary/aromatic N) is 4. The smallest absolute Gasteiger partial charge is 0.270 e. The van der Waals surface area contributed by atoms with Gasteiger partial charge in [-0.2, -0.15) is 0 Å². The van der Waals surface area contributed by atoms with Crippen molar-refractivity contribution in [2.24, 2.45) is 0 Å². The molecule has 0 bridgehead atoms. The van der Waals surface area contributed by atoms with E-state index >= 15 is 0 Å². The molecule has 4 heterocycles. The lowest BCUT2D eigenvalue weighted by Crippen LogP contribution is -2.49. The first-order valence-electron chi connectivity index (χ1n) is 11.2. The van der Waals surface area contributed by atoms with Gasteiger partial charge in [0, 0.05) is 36.3 Å². The lowest BCUT2D eigenvalue weighted by molar-refractivity contribution is 0.0607. The first kappa shape index (κ1) is 22.7. The van der Waals surface area contributed by atoms with Crippen LogP contribution in [0.15, 0.2) is 35.8 Å². The number of aromatic nitrogens is 3. The minimum absolute atomic E-state index is 0.121. The first-order valence-corrected chi connectivity index (χ1v) is 12.9. The molecule has 0 unspecified atom stereocenters. The van der Waals surface area contributed by atoms with Crippen molar-refractivity contribution in [3.8, 4) is 11.3 Å². The Morgan fingerprint density at radius 2 is 2.09 bits per heavy atom. The number of fused-ring (bicyclic) bond motifs is 1. The number of amides is 2. The van der Waals surface area contributed by atoms with Gasteiger partial charge >= 0.3 is 0 Å². The molecular weight excluding hydrogens is 473 g/mol. The lowest BCUT2D eigenvalue weighted by Gasteiger charge is -2.35. The predicted molar refractivity (Wildman–Crippen MR) is 131 cm³/mol. The van der Waals surface area contributed by atoms with Crippen molar-refractivity contribution in [3.63, 3.8) is 0 Å². The van der Waals surface area contributed by atoms with Crippen LogP contribution < -0.4 is 5.32 Å². The maximum atomic E-state index is 13.8. The summed E-state index contributed by atoms with van der Waals surface area (Å²) in [7, 11) is 0. The van der Waals surface area contributed by atoms with Gasteiger partial charge in [0.1, 0.15) is 16.4 Å². The summed E-state index contributed by atoms with van der Waals surface area (Å²) in [5.41, 5.74) is 2.30. The summed E-state index contributed by atoms with van der Waals surface area (Å²) in [5, 5.41) is 5.67. The Balaban J connectivity index is 1.36. The van der Waals surface area contributed by atoms with Crippen molar-refractivity contribution in [1.82, 2.24) is 24.6 Å². The maximum Gasteiger partial charge on any atom is 0.270 e. The average molecular weight is 498 g/mol. The number of halogens is 1. The number of rotatable bonds is 5. The summed E-state index contributed by atoms with van der Waals surface area (Å²) in [5.74, 6) is -0.685. The summed E-state index contributed by atoms with van der Waals surface area (Å²) in [6.45, 7) is 4.64. The summed E-state index contributed by atoms with van der Waals surface area (Å²) in [6, 6.07) is 6.04. The molecule has 1 N–H and O–H groups in total. The fourth-order valence-corrected chi connectivity index (χ4v) is 6.13. The third-order valence-electron chi connectivity index (χ3n) is 6.06. The number of hydrogen-bond donors (Lipinski definition) is 1. The van der Waals surface area contributed by atoms with E-state index in [1.807, 2.05) is 30.3 Å². The SMILES string of the molecule is Cc1nc(-c2cccc(F)c2)c(C(=O)N2CCCC[C@H]2CNC(=O)c2c(C)nc3sccn23)s1. The zero-order chi connectivity index (χ0) is 23.8. The largest absolute Gasteiger partial charge is 0.349 e. The molecule has 10 heteroatoms. The highest BCUT2D eigenvalue weighted by Gasteiger charge is 2.31. The van der Waals surface area contributed by atoms with E-state index in [9.17, 15) is 14.0 Å². The minimum atomic E-state index is -0.366. The molecule has 0 radical (unpaired) electrons. The second-order valence-corrected chi connectivity index (χ2v) is 10.5. The minimum Gasteiger partial charge on any atom is -0.349 e. The van der Waals surface area contributed by atoms with Gasteiger partial charge in [-0.3, -0.25) is 14.0 Å². The number of aryl methyl sites for hydroxylation is 2. The standard InChI is InChI=1S/C24H24FN5O2S2/c1-14-20(30-10-11-33-24(30)27-14)22(31)26-13-18-8-3-4-9-29(18)23(32)21-19(28-15(2)34-21)16-6-5-7-17(25)12-16/h5-7,10-12,18H,3-4,8-9,13H2,1-2H3,(H,26,31)/t18-/m0/s1. The first-order chi connectivity index (χ1) is 16.4. The number of carbonyl (C=O) groups excluding carboxylic acids is 2. The molecular formula is C24H24FN5O2S2. The van der Waals surface area contributed by atoms with Crippen LogP contribution in [-0.4, -0.2) is 50.2 Å². The van der Waals surface area contributed by atoms with E-state index in [4.69, 9.17) is 0 Å². The van der Waals surface area contributed by atoms with Crippen molar-refractivity contribution < 1.29 is 14.0 Å². The molecule has 0 aliphatic carbocycles. The van der Waals surface area contributed by atoms with E-state index in [1.165, 1.54) is 34.8 Å². The van der Waals surface area contributed by atoms with Crippen LogP contribution in [0.1, 0.15) is 50.1 Å². The van der Waals surface area contributed by atoms with Gasteiger partial charge in [0.15, 0.2) is 4.96 Å². The maximum absolute atomic E-state index is 13.8. The van der Waals surface area contributed by atoms with Gasteiger partial charge in [0.05, 0.1) is 16.4 Å². The summed E-state index contributed by atoms with van der Waals surface area (Å²) in [4.78, 5) is 38.7. The number of nitrogens with one attached hydrogen (secondary N) is 1. The highest BCUT2D eigenvalue weighted by Crippen LogP contribution is 2.31. The summed E-state index contributed by atoms with van der Waals surface area (Å²) in [6.07, 6.45) is 4.54. The van der Waals surface area contributed by atoms with Crippen molar-refractivity contribution in [3.05, 3.63) is 62.9 Å². The molecule has 1 aliphatic heterocycles. The Morgan fingerprint density at radius 3 is 2.91 bits per heavy atom. The Bertz CT molecular complexity index is 1370. The molecule has 0 saturated carbocycles. The molecule has 0 spiro atoms. The fraction of sp³-hybridized carbons (Fsp3) is 0.333. The number of hydrogen-bond acceptors (Lipinski definition) is 6. The summed E-state index contributed by atoms with van der Waals surface area (Å²) >= 11 is 2.80. The Morgan fingerprint density at radius 1 is 1.24 bits per heavy atom. The fourth-order valence-electron chi connectivity index (χ4n) is 4.48. The zero-order valence-corrected chi connectivity index (χ0v) is 20.5. The average Bonchev–Trinajstić information content (AvgIpc) is 3.51. The molecule has 1 atom stereocenters. The molecule has 2 amide bonds. The van der Waals surface area contributed by atoms with Gasteiger partial charge in [-0.15, -0.1) is 22.7 Å². The van der Waals surface area contributed by atoms with Gasteiger partial charge in [-0.1, -0.05) is 12.1 Å². The van der Waals surface area contributed by atoms with E-state index in [2.05, 4.69) is 15.3 Å². The molecule has 3 aromatic heterocycles. The number of piperidine rings is 1. The predicted octanol–water partition coefficient (Wildman–Crippen LogP) is 4.70. The quantitative estimate of drug-likeness (QED) is 0.434. The number of imidazole rings is 1. The van der Waals surface area contributed by atoms with Crippen LogP contribution >= 0.6 is 22.7 Å². The van der Waals surface area contributed by atoms with Gasteiger partial charge < -0.3 is 10.2 Å². The van der Waals surface area contributed by atoms with Gasteiger partial charge in [0.2, 0.25) is 0 Å². The van der Waals surface area contributed by atoms with Crippen molar-refractivity contribution >= 4 is 39.4 Å². The molecule has 7 nitrogen and oxygen atoms in total. The highest BCUT2D eigenvalue weighted by atomic mass is 32.1. The molecule has 1 fully saturated rings. The lowest BCUT2D eigenvalue weighted by atomic mass is 10.0. The van der Waals surface area contributed by atoms with Crippen molar-refractivity contribution in [2.75, 3.05) is 13.1 Å². The van der Waals surface area contributed by atoms with Gasteiger partial charge in [0.25, 0.3) is 11.8 Å². The summed E-state index contributed by atoms with van der Waals surface area (Å²) < 4.78 is 15.6. The molecule has 1 aliphatic rings. The van der Waals surface area contributed by atoms with E-state index in [1.54, 1.807) is 16.5 Å². The number of thiazole rings is 2. The monoisotopic (exact) mass is 497 g/mol. The van der Waals surface area contributed by atoms with Gasteiger partial charge in [-0.05, 0) is 45.2 Å². The molecule has 34 heavy (non-hydrogen) atoms. The molecule has 1 aromatic carbocycles.